The van der Waals surface area contributed by atoms with Crippen LogP contribution >= 0.6 is 0 Å². The van der Waals surface area contributed by atoms with Crippen molar-refractivity contribution in [3.8, 4) is 0 Å². The Morgan fingerprint density at radius 1 is 0.842 bits per heavy atom. The Kier molecular flexibility index (Phi) is 2.76. The summed E-state index contributed by atoms with van der Waals surface area (Å²) in [7, 11) is 0. The van der Waals surface area contributed by atoms with Gasteiger partial charge in [0.2, 0.25) is 6.10 Å². The lowest BCUT2D eigenvalue weighted by Gasteiger charge is -2.10. The van der Waals surface area contributed by atoms with Crippen LogP contribution in [0.2, 0.25) is 0 Å². The van der Waals surface area contributed by atoms with Crippen LogP contribution in [-0.4, -0.2) is 12.0 Å². The van der Waals surface area contributed by atoms with Crippen LogP contribution in [0, 0.1) is 0 Å². The highest BCUT2D eigenvalue weighted by molar-refractivity contribution is 6.18. The van der Waals surface area contributed by atoms with Crippen molar-refractivity contribution >= 4 is 17.7 Å². The average molecular weight is 253 g/mol. The number of cyclic esters (lactones) is 1. The molecule has 4 nitrogen and oxygen atoms in total. The number of carbonyl (C=O) groups is 2. The van der Waals surface area contributed by atoms with Crippen LogP contribution in [0.15, 0.2) is 60.7 Å². The number of hydrogen-bond donors (Lipinski definition) is 0. The fourth-order valence-electron chi connectivity index (χ4n) is 2.06. The van der Waals surface area contributed by atoms with Crippen molar-refractivity contribution in [3.05, 3.63) is 66.2 Å². The maximum Gasteiger partial charge on any atom is 0.422 e. The van der Waals surface area contributed by atoms with Gasteiger partial charge in [0.25, 0.3) is 5.91 Å². The second kappa shape index (κ2) is 4.57. The van der Waals surface area contributed by atoms with Crippen molar-refractivity contribution in [2.75, 3.05) is 4.90 Å². The van der Waals surface area contributed by atoms with E-state index in [1.54, 1.807) is 36.4 Å². The third-order valence-electron chi connectivity index (χ3n) is 2.96. The molecule has 94 valence electrons. The molecule has 0 aliphatic carbocycles. The Morgan fingerprint density at radius 3 is 2.05 bits per heavy atom. The minimum Gasteiger partial charge on any atom is -0.430 e. The minimum absolute atomic E-state index is 0.359. The van der Waals surface area contributed by atoms with Gasteiger partial charge in [-0.2, -0.15) is 0 Å². The molecule has 1 saturated heterocycles. The highest BCUT2D eigenvalue weighted by Gasteiger charge is 2.42. The molecule has 0 N–H and O–H groups in total. The summed E-state index contributed by atoms with van der Waals surface area (Å²) < 4.78 is 5.16. The van der Waals surface area contributed by atoms with E-state index in [0.29, 0.717) is 11.3 Å². The van der Waals surface area contributed by atoms with Gasteiger partial charge in [-0.1, -0.05) is 48.5 Å². The normalized spacial score (nSPS) is 18.5. The van der Waals surface area contributed by atoms with Crippen LogP contribution < -0.4 is 4.90 Å². The third-order valence-corrected chi connectivity index (χ3v) is 2.96. The number of carbonyl (C=O) groups excluding carboxylic acids is 2. The highest BCUT2D eigenvalue weighted by atomic mass is 16.6. The predicted octanol–water partition coefficient (Wildman–Crippen LogP) is 2.91. The Bertz CT molecular complexity index is 610. The Morgan fingerprint density at radius 2 is 1.42 bits per heavy atom. The molecule has 2 aromatic carbocycles. The lowest BCUT2D eigenvalue weighted by atomic mass is 10.1. The summed E-state index contributed by atoms with van der Waals surface area (Å²) in [5.41, 5.74) is 1.20. The number of hydrogen-bond acceptors (Lipinski definition) is 3. The molecule has 1 unspecified atom stereocenters. The molecule has 2 amide bonds. The standard InChI is InChI=1S/C15H11NO3/c17-14-13(11-7-3-1-4-8-11)19-15(18)16(14)12-9-5-2-6-10-12/h1-10,13H. The quantitative estimate of drug-likeness (QED) is 0.826. The van der Waals surface area contributed by atoms with E-state index >= 15 is 0 Å². The second-order valence-electron chi connectivity index (χ2n) is 4.18. The Balaban J connectivity index is 1.94. The van der Waals surface area contributed by atoms with Crippen molar-refractivity contribution in [1.82, 2.24) is 0 Å². The topological polar surface area (TPSA) is 46.6 Å². The number of para-hydroxylation sites is 1. The molecular weight excluding hydrogens is 242 g/mol. The maximum absolute atomic E-state index is 12.3. The van der Waals surface area contributed by atoms with Crippen LogP contribution in [0.4, 0.5) is 10.5 Å². The molecule has 1 fully saturated rings. The van der Waals surface area contributed by atoms with E-state index < -0.39 is 12.2 Å². The first-order chi connectivity index (χ1) is 9.27. The van der Waals surface area contributed by atoms with Crippen LogP contribution in [0.5, 0.6) is 0 Å². The molecular formula is C15H11NO3. The molecule has 0 radical (unpaired) electrons. The van der Waals surface area contributed by atoms with Crippen molar-refractivity contribution in [1.29, 1.82) is 0 Å². The van der Waals surface area contributed by atoms with E-state index in [4.69, 9.17) is 4.74 Å². The molecule has 0 bridgehead atoms. The first kappa shape index (κ1) is 11.5. The predicted molar refractivity (Wildman–Crippen MR) is 69.6 cm³/mol. The summed E-state index contributed by atoms with van der Waals surface area (Å²) in [5, 5.41) is 0. The lowest BCUT2D eigenvalue weighted by Crippen LogP contribution is -2.29. The number of nitrogens with zero attached hydrogens (tertiary/aromatic N) is 1. The summed E-state index contributed by atoms with van der Waals surface area (Å²) in [6, 6.07) is 17.8. The number of rotatable bonds is 2. The second-order valence-corrected chi connectivity index (χ2v) is 4.18. The molecule has 2 aromatic rings. The molecule has 1 heterocycles. The summed E-state index contributed by atoms with van der Waals surface area (Å²) in [4.78, 5) is 25.2. The van der Waals surface area contributed by atoms with E-state index in [1.807, 2.05) is 24.3 Å². The van der Waals surface area contributed by atoms with Gasteiger partial charge in [0.05, 0.1) is 5.69 Å². The molecule has 1 atom stereocenters. The average Bonchev–Trinajstić information content (AvgIpc) is 2.76. The van der Waals surface area contributed by atoms with Gasteiger partial charge in [0, 0.05) is 5.56 Å². The number of benzene rings is 2. The maximum atomic E-state index is 12.3. The molecule has 1 aliphatic heterocycles. The smallest absolute Gasteiger partial charge is 0.422 e. The SMILES string of the molecule is O=C1OC(c2ccccc2)C(=O)N1c1ccccc1. The van der Waals surface area contributed by atoms with Gasteiger partial charge >= 0.3 is 6.09 Å². The summed E-state index contributed by atoms with van der Waals surface area (Å²) in [6.07, 6.45) is -1.49. The highest BCUT2D eigenvalue weighted by Crippen LogP contribution is 2.31. The van der Waals surface area contributed by atoms with Crippen molar-refractivity contribution in [2.24, 2.45) is 0 Å². The Hall–Kier alpha value is -2.62. The zero-order valence-electron chi connectivity index (χ0n) is 10.0. The number of amides is 2. The molecule has 1 aliphatic rings. The summed E-state index contributed by atoms with van der Waals surface area (Å²) in [5.74, 6) is -0.359. The van der Waals surface area contributed by atoms with Crippen LogP contribution in [0.1, 0.15) is 11.7 Å². The van der Waals surface area contributed by atoms with Crippen molar-refractivity contribution in [3.63, 3.8) is 0 Å². The third kappa shape index (κ3) is 1.97. The van der Waals surface area contributed by atoms with E-state index in [9.17, 15) is 9.59 Å². The van der Waals surface area contributed by atoms with E-state index in [1.165, 1.54) is 0 Å². The van der Waals surface area contributed by atoms with E-state index in [0.717, 1.165) is 4.90 Å². The van der Waals surface area contributed by atoms with Crippen LogP contribution in [0.3, 0.4) is 0 Å². The fraction of sp³-hybridized carbons (Fsp3) is 0.0667. The van der Waals surface area contributed by atoms with Gasteiger partial charge in [0.15, 0.2) is 0 Å². The number of imide groups is 1. The monoisotopic (exact) mass is 253 g/mol. The fourth-order valence-corrected chi connectivity index (χ4v) is 2.06. The van der Waals surface area contributed by atoms with Crippen LogP contribution in [-0.2, 0) is 9.53 Å². The number of ether oxygens (including phenoxy) is 1. The zero-order valence-corrected chi connectivity index (χ0v) is 10.0. The number of anilines is 1. The van der Waals surface area contributed by atoms with Gasteiger partial charge in [0.1, 0.15) is 0 Å². The Labute approximate surface area is 110 Å². The van der Waals surface area contributed by atoms with E-state index in [2.05, 4.69) is 0 Å². The van der Waals surface area contributed by atoms with Gasteiger partial charge in [-0.25, -0.2) is 9.69 Å². The lowest BCUT2D eigenvalue weighted by molar-refractivity contribution is -0.122. The van der Waals surface area contributed by atoms with Gasteiger partial charge in [-0.3, -0.25) is 4.79 Å². The van der Waals surface area contributed by atoms with Crippen molar-refractivity contribution < 1.29 is 14.3 Å². The molecule has 19 heavy (non-hydrogen) atoms. The molecule has 0 saturated carbocycles. The first-order valence-corrected chi connectivity index (χ1v) is 5.92. The molecule has 4 heteroatoms. The summed E-state index contributed by atoms with van der Waals surface area (Å²) >= 11 is 0. The van der Waals surface area contributed by atoms with E-state index in [-0.39, 0.29) is 5.91 Å². The molecule has 0 spiro atoms. The zero-order chi connectivity index (χ0) is 13.2. The largest absolute Gasteiger partial charge is 0.430 e. The van der Waals surface area contributed by atoms with Crippen LogP contribution in [0.25, 0.3) is 0 Å². The van der Waals surface area contributed by atoms with Gasteiger partial charge in [-0.15, -0.1) is 0 Å². The van der Waals surface area contributed by atoms with Crippen molar-refractivity contribution in [2.45, 2.75) is 6.10 Å². The van der Waals surface area contributed by atoms with Gasteiger partial charge in [-0.05, 0) is 12.1 Å². The minimum atomic E-state index is -0.853. The summed E-state index contributed by atoms with van der Waals surface area (Å²) in [6.45, 7) is 0. The van der Waals surface area contributed by atoms with Gasteiger partial charge < -0.3 is 4.74 Å². The molecule has 3 rings (SSSR count). The first-order valence-electron chi connectivity index (χ1n) is 5.92. The molecule has 0 aromatic heterocycles.